The Hall–Kier alpha value is -5.98. The molecule has 0 aliphatic heterocycles. The maximum atomic E-state index is 2.53. The zero-order chi connectivity index (χ0) is 34.9. The van der Waals surface area contributed by atoms with Gasteiger partial charge in [-0.2, -0.15) is 0 Å². The summed E-state index contributed by atoms with van der Waals surface area (Å²) in [6.07, 6.45) is 0. The summed E-state index contributed by atoms with van der Waals surface area (Å²) in [5, 5.41) is 10.4. The third-order valence-electron chi connectivity index (χ3n) is 12.6. The van der Waals surface area contributed by atoms with Crippen molar-refractivity contribution in [3.63, 3.8) is 0 Å². The molecular formula is C52H38. The summed E-state index contributed by atoms with van der Waals surface area (Å²) in [5.74, 6) is 0. The van der Waals surface area contributed by atoms with Crippen molar-refractivity contribution in [3.05, 3.63) is 180 Å². The molecule has 52 heavy (non-hydrogen) atoms. The Labute approximate surface area is 305 Å². The quantitative estimate of drug-likeness (QED) is 0.162. The van der Waals surface area contributed by atoms with E-state index in [1.54, 1.807) is 0 Å². The van der Waals surface area contributed by atoms with Crippen molar-refractivity contribution >= 4 is 43.1 Å². The van der Waals surface area contributed by atoms with Gasteiger partial charge in [-0.15, -0.1) is 0 Å². The van der Waals surface area contributed by atoms with Gasteiger partial charge in [-0.3, -0.25) is 0 Å². The van der Waals surface area contributed by atoms with Crippen molar-refractivity contribution in [1.82, 2.24) is 0 Å². The zero-order valence-corrected chi connectivity index (χ0v) is 30.0. The summed E-state index contributed by atoms with van der Waals surface area (Å²) in [6, 6.07) is 59.7. The average molecular weight is 663 g/mol. The molecular weight excluding hydrogens is 625 g/mol. The van der Waals surface area contributed by atoms with Crippen molar-refractivity contribution in [2.24, 2.45) is 0 Å². The number of hydrogen-bond acceptors (Lipinski definition) is 0. The van der Waals surface area contributed by atoms with Crippen LogP contribution in [0.4, 0.5) is 0 Å². The Kier molecular flexibility index (Phi) is 5.89. The molecule has 0 amide bonds. The molecule has 0 spiro atoms. The van der Waals surface area contributed by atoms with Crippen LogP contribution in [0.15, 0.2) is 158 Å². The second-order valence-corrected chi connectivity index (χ2v) is 16.0. The van der Waals surface area contributed by atoms with Gasteiger partial charge in [-0.05, 0) is 122 Å². The van der Waals surface area contributed by atoms with Crippen LogP contribution in [0.5, 0.6) is 0 Å². The fourth-order valence-electron chi connectivity index (χ4n) is 10.2. The normalized spacial score (nSPS) is 14.8. The van der Waals surface area contributed by atoms with Gasteiger partial charge >= 0.3 is 0 Å². The smallest absolute Gasteiger partial charge is 0.0159 e. The molecule has 0 radical (unpaired) electrons. The minimum Gasteiger partial charge on any atom is -0.0619 e. The van der Waals surface area contributed by atoms with Gasteiger partial charge in [-0.1, -0.05) is 173 Å². The van der Waals surface area contributed by atoms with Crippen molar-refractivity contribution in [3.8, 4) is 44.5 Å². The van der Waals surface area contributed by atoms with Crippen LogP contribution in [-0.2, 0) is 10.8 Å². The standard InChI is InChI=1S/C52H38/c1-51(2)44-27-26-32(29-42(44)49-33-16-6-5-15-31(33)25-28-45(49)51)47-36-19-9-11-21-38(36)48(39-22-12-10-20-37(39)47)41-30-46-50(35-18-8-7-17-34(35)41)40-23-13-14-24-43(40)52(46,3)4/h5-30H,1-4H3. The Morgan fingerprint density at radius 3 is 1.46 bits per heavy atom. The Bertz CT molecular complexity index is 2950. The number of fused-ring (bicyclic) bond motifs is 12. The van der Waals surface area contributed by atoms with Gasteiger partial charge in [0.15, 0.2) is 0 Å². The second kappa shape index (κ2) is 10.3. The summed E-state index contributed by atoms with van der Waals surface area (Å²) in [5.41, 5.74) is 16.2. The van der Waals surface area contributed by atoms with Crippen LogP contribution in [0.25, 0.3) is 87.6 Å². The van der Waals surface area contributed by atoms with Gasteiger partial charge in [0.05, 0.1) is 0 Å². The van der Waals surface area contributed by atoms with Gasteiger partial charge in [0.2, 0.25) is 0 Å². The molecule has 0 heterocycles. The summed E-state index contributed by atoms with van der Waals surface area (Å²) in [4.78, 5) is 0. The third kappa shape index (κ3) is 3.77. The highest BCUT2D eigenvalue weighted by Gasteiger charge is 2.38. The van der Waals surface area contributed by atoms with Crippen LogP contribution in [0.2, 0.25) is 0 Å². The molecule has 9 aromatic carbocycles. The Morgan fingerprint density at radius 1 is 0.288 bits per heavy atom. The molecule has 0 heteroatoms. The fourth-order valence-corrected chi connectivity index (χ4v) is 10.2. The van der Waals surface area contributed by atoms with E-state index in [2.05, 4.69) is 185 Å². The predicted molar refractivity (Wildman–Crippen MR) is 222 cm³/mol. The van der Waals surface area contributed by atoms with Crippen LogP contribution >= 0.6 is 0 Å². The number of hydrogen-bond donors (Lipinski definition) is 0. The molecule has 0 atom stereocenters. The molecule has 0 saturated heterocycles. The highest BCUT2D eigenvalue weighted by atomic mass is 14.4. The van der Waals surface area contributed by atoms with E-state index in [9.17, 15) is 0 Å². The molecule has 0 fully saturated rings. The van der Waals surface area contributed by atoms with Crippen molar-refractivity contribution < 1.29 is 0 Å². The highest BCUT2D eigenvalue weighted by Crippen LogP contribution is 2.56. The van der Waals surface area contributed by atoms with Crippen molar-refractivity contribution in [2.45, 2.75) is 38.5 Å². The lowest BCUT2D eigenvalue weighted by atomic mass is 9.78. The number of benzene rings is 9. The van der Waals surface area contributed by atoms with Crippen LogP contribution in [-0.4, -0.2) is 0 Å². The molecule has 2 aliphatic rings. The van der Waals surface area contributed by atoms with Gasteiger partial charge in [0.25, 0.3) is 0 Å². The van der Waals surface area contributed by atoms with E-state index in [0.717, 1.165) is 0 Å². The van der Waals surface area contributed by atoms with Gasteiger partial charge in [0.1, 0.15) is 0 Å². The van der Waals surface area contributed by atoms with E-state index < -0.39 is 0 Å². The second-order valence-electron chi connectivity index (χ2n) is 16.0. The summed E-state index contributed by atoms with van der Waals surface area (Å²) in [6.45, 7) is 9.55. The molecule has 246 valence electrons. The lowest BCUT2D eigenvalue weighted by Crippen LogP contribution is -2.15. The monoisotopic (exact) mass is 662 g/mol. The van der Waals surface area contributed by atoms with Crippen LogP contribution in [0.3, 0.4) is 0 Å². The van der Waals surface area contributed by atoms with E-state index in [1.807, 2.05) is 0 Å². The Balaban J connectivity index is 1.23. The zero-order valence-electron chi connectivity index (χ0n) is 30.0. The lowest BCUT2D eigenvalue weighted by molar-refractivity contribution is 0.661. The largest absolute Gasteiger partial charge is 0.0619 e. The Morgan fingerprint density at radius 2 is 0.769 bits per heavy atom. The minimum atomic E-state index is -0.102. The van der Waals surface area contributed by atoms with Gasteiger partial charge in [-0.25, -0.2) is 0 Å². The highest BCUT2D eigenvalue weighted by molar-refractivity contribution is 6.25. The van der Waals surface area contributed by atoms with Crippen LogP contribution in [0.1, 0.15) is 49.9 Å². The molecule has 9 aromatic rings. The first-order valence-electron chi connectivity index (χ1n) is 18.6. The van der Waals surface area contributed by atoms with Crippen LogP contribution in [0, 0.1) is 0 Å². The molecule has 0 N–H and O–H groups in total. The van der Waals surface area contributed by atoms with E-state index in [0.29, 0.717) is 0 Å². The SMILES string of the molecule is CC1(C)c2ccc(-c3c4ccccc4c(-c4cc5c(c6ccccc46)-c4ccccc4C5(C)C)c4ccccc34)cc2-c2c1ccc1ccccc21. The third-order valence-corrected chi connectivity index (χ3v) is 12.6. The molecule has 2 aliphatic carbocycles. The van der Waals surface area contributed by atoms with Gasteiger partial charge in [0, 0.05) is 10.8 Å². The van der Waals surface area contributed by atoms with E-state index in [1.165, 1.54) is 110 Å². The first-order chi connectivity index (χ1) is 25.3. The topological polar surface area (TPSA) is 0 Å². The summed E-state index contributed by atoms with van der Waals surface area (Å²) in [7, 11) is 0. The predicted octanol–water partition coefficient (Wildman–Crippen LogP) is 14.2. The molecule has 0 saturated carbocycles. The van der Waals surface area contributed by atoms with E-state index >= 15 is 0 Å². The maximum Gasteiger partial charge on any atom is 0.0159 e. The molecule has 0 unspecified atom stereocenters. The van der Waals surface area contributed by atoms with E-state index in [4.69, 9.17) is 0 Å². The molecule has 0 bridgehead atoms. The van der Waals surface area contributed by atoms with Crippen molar-refractivity contribution in [1.29, 1.82) is 0 Å². The first kappa shape index (κ1) is 29.7. The summed E-state index contributed by atoms with van der Waals surface area (Å²) >= 11 is 0. The fraction of sp³-hybridized carbons (Fsp3) is 0.115. The lowest BCUT2D eigenvalue weighted by Gasteiger charge is -2.24. The minimum absolute atomic E-state index is 0.0662. The first-order valence-corrected chi connectivity index (χ1v) is 18.6. The summed E-state index contributed by atoms with van der Waals surface area (Å²) < 4.78 is 0. The van der Waals surface area contributed by atoms with E-state index in [-0.39, 0.29) is 10.8 Å². The van der Waals surface area contributed by atoms with Gasteiger partial charge < -0.3 is 0 Å². The molecule has 0 aromatic heterocycles. The number of rotatable bonds is 2. The van der Waals surface area contributed by atoms with Crippen molar-refractivity contribution in [2.75, 3.05) is 0 Å². The average Bonchev–Trinajstić information content (AvgIpc) is 3.56. The molecule has 11 rings (SSSR count). The van der Waals surface area contributed by atoms with Crippen LogP contribution < -0.4 is 0 Å². The maximum absolute atomic E-state index is 2.53. The molecule has 0 nitrogen and oxygen atoms in total.